The molecule has 3 N–H and O–H groups in total. The van der Waals surface area contributed by atoms with Crippen molar-refractivity contribution in [1.29, 1.82) is 0 Å². The van der Waals surface area contributed by atoms with Crippen LogP contribution >= 0.6 is 0 Å². The van der Waals surface area contributed by atoms with Gasteiger partial charge in [-0.1, -0.05) is 0 Å². The minimum Gasteiger partial charge on any atom is -0.480 e. The van der Waals surface area contributed by atoms with Crippen molar-refractivity contribution >= 4 is 12.0 Å². The van der Waals surface area contributed by atoms with Crippen molar-refractivity contribution < 1.29 is 19.4 Å². The summed E-state index contributed by atoms with van der Waals surface area (Å²) >= 11 is 0. The van der Waals surface area contributed by atoms with E-state index in [9.17, 15) is 9.59 Å². The maximum Gasteiger partial charge on any atom is 0.325 e. The number of nitrogens with one attached hydrogen (secondary N) is 2. The average Bonchev–Trinajstić information content (AvgIpc) is 2.56. The Kier molecular flexibility index (Phi) is 3.70. The molecule has 2 amide bonds. The molecule has 1 saturated heterocycles. The fourth-order valence-electron chi connectivity index (χ4n) is 1.14. The lowest BCUT2D eigenvalue weighted by Gasteiger charge is -2.14. The molecule has 1 aliphatic heterocycles. The van der Waals surface area contributed by atoms with Gasteiger partial charge >= 0.3 is 12.0 Å². The van der Waals surface area contributed by atoms with Crippen LogP contribution in [0, 0.1) is 0 Å². The second-order valence-electron chi connectivity index (χ2n) is 3.18. The molecule has 0 spiro atoms. The minimum absolute atomic E-state index is 0.281. The van der Waals surface area contributed by atoms with Gasteiger partial charge < -0.3 is 20.5 Å². The summed E-state index contributed by atoms with van der Waals surface area (Å²) in [5.41, 5.74) is 0. The van der Waals surface area contributed by atoms with E-state index in [0.717, 1.165) is 12.8 Å². The van der Waals surface area contributed by atoms with E-state index in [1.165, 1.54) is 6.92 Å². The fraction of sp³-hybridized carbons (Fsp3) is 0.750. The highest BCUT2D eigenvalue weighted by atomic mass is 16.5. The Morgan fingerprint density at radius 2 is 2.29 bits per heavy atom. The second kappa shape index (κ2) is 4.80. The topological polar surface area (TPSA) is 87.7 Å². The van der Waals surface area contributed by atoms with Gasteiger partial charge in [0.25, 0.3) is 0 Å². The zero-order valence-corrected chi connectivity index (χ0v) is 7.95. The van der Waals surface area contributed by atoms with Crippen molar-refractivity contribution in [3.8, 4) is 0 Å². The zero-order chi connectivity index (χ0) is 10.6. The molecule has 1 fully saturated rings. The van der Waals surface area contributed by atoms with E-state index >= 15 is 0 Å². The molecule has 2 unspecified atom stereocenters. The summed E-state index contributed by atoms with van der Waals surface area (Å²) in [6.45, 7) is 2.04. The van der Waals surface area contributed by atoms with Crippen molar-refractivity contribution in [3.63, 3.8) is 0 Å². The molecule has 0 bridgehead atoms. The third-order valence-electron chi connectivity index (χ3n) is 1.94. The van der Waals surface area contributed by atoms with Gasteiger partial charge in [-0.05, 0) is 19.8 Å². The predicted octanol–water partition coefficient (Wildman–Crippen LogP) is -0.105. The molecule has 2 atom stereocenters. The highest BCUT2D eigenvalue weighted by molar-refractivity contribution is 5.82. The van der Waals surface area contributed by atoms with Gasteiger partial charge in [0.05, 0.1) is 0 Å². The summed E-state index contributed by atoms with van der Waals surface area (Å²) < 4.78 is 5.15. The number of amides is 2. The minimum atomic E-state index is -1.06. The first-order valence-electron chi connectivity index (χ1n) is 4.51. The van der Waals surface area contributed by atoms with Crippen molar-refractivity contribution in [3.05, 3.63) is 0 Å². The Morgan fingerprint density at radius 1 is 1.57 bits per heavy atom. The Balaban J connectivity index is 2.24. The molecule has 14 heavy (non-hydrogen) atoms. The third kappa shape index (κ3) is 3.21. The van der Waals surface area contributed by atoms with Gasteiger partial charge in [-0.25, -0.2) is 4.79 Å². The monoisotopic (exact) mass is 202 g/mol. The molecule has 0 saturated carbocycles. The summed E-state index contributed by atoms with van der Waals surface area (Å²) in [5.74, 6) is -1.06. The largest absolute Gasteiger partial charge is 0.480 e. The molecule has 0 radical (unpaired) electrons. The summed E-state index contributed by atoms with van der Waals surface area (Å²) in [6, 6.07) is -1.40. The first-order chi connectivity index (χ1) is 6.59. The lowest BCUT2D eigenvalue weighted by atomic mass is 10.3. The molecule has 80 valence electrons. The Morgan fingerprint density at radius 3 is 2.79 bits per heavy atom. The lowest BCUT2D eigenvalue weighted by Crippen LogP contribution is -2.47. The molecule has 6 nitrogen and oxygen atoms in total. The normalized spacial score (nSPS) is 22.8. The molecule has 1 heterocycles. The summed E-state index contributed by atoms with van der Waals surface area (Å²) in [6.07, 6.45) is 1.41. The number of aliphatic carboxylic acids is 1. The van der Waals surface area contributed by atoms with Crippen LogP contribution < -0.4 is 10.6 Å². The maximum absolute atomic E-state index is 11.1. The SMILES string of the molecule is CC(NC(=O)NC1CCCO1)C(=O)O. The van der Waals surface area contributed by atoms with E-state index in [1.807, 2.05) is 0 Å². The molecule has 0 aromatic heterocycles. The molecule has 1 aliphatic rings. The van der Waals surface area contributed by atoms with Crippen LogP contribution in [0.5, 0.6) is 0 Å². The van der Waals surface area contributed by atoms with Crippen LogP contribution in [0.2, 0.25) is 0 Å². The van der Waals surface area contributed by atoms with E-state index < -0.39 is 18.0 Å². The summed E-state index contributed by atoms with van der Waals surface area (Å²) in [4.78, 5) is 21.5. The van der Waals surface area contributed by atoms with Crippen LogP contribution in [0.1, 0.15) is 19.8 Å². The van der Waals surface area contributed by atoms with Crippen molar-refractivity contribution in [1.82, 2.24) is 10.6 Å². The van der Waals surface area contributed by atoms with E-state index in [4.69, 9.17) is 9.84 Å². The summed E-state index contributed by atoms with van der Waals surface area (Å²) in [5, 5.41) is 13.3. The van der Waals surface area contributed by atoms with E-state index in [0.29, 0.717) is 6.61 Å². The molecular weight excluding hydrogens is 188 g/mol. The van der Waals surface area contributed by atoms with Crippen LogP contribution in [0.4, 0.5) is 4.79 Å². The number of hydrogen-bond acceptors (Lipinski definition) is 3. The Labute approximate surface area is 81.6 Å². The first-order valence-corrected chi connectivity index (χ1v) is 4.51. The molecule has 0 aromatic carbocycles. The quantitative estimate of drug-likeness (QED) is 0.596. The number of carboxylic acid groups (broad SMARTS) is 1. The molecule has 0 aromatic rings. The van der Waals surface area contributed by atoms with E-state index in [-0.39, 0.29) is 6.23 Å². The van der Waals surface area contributed by atoms with Gasteiger partial charge in [0, 0.05) is 6.61 Å². The number of hydrogen-bond donors (Lipinski definition) is 3. The van der Waals surface area contributed by atoms with Crippen LogP contribution in [0.15, 0.2) is 0 Å². The molecule has 1 rings (SSSR count). The average molecular weight is 202 g/mol. The highest BCUT2D eigenvalue weighted by Gasteiger charge is 2.19. The number of carbonyl (C=O) groups excluding carboxylic acids is 1. The van der Waals surface area contributed by atoms with E-state index in [1.54, 1.807) is 0 Å². The zero-order valence-electron chi connectivity index (χ0n) is 7.95. The fourth-order valence-corrected chi connectivity index (χ4v) is 1.14. The van der Waals surface area contributed by atoms with Gasteiger partial charge in [-0.2, -0.15) is 0 Å². The van der Waals surface area contributed by atoms with Gasteiger partial charge in [0.2, 0.25) is 0 Å². The number of carbonyl (C=O) groups is 2. The Hall–Kier alpha value is -1.30. The molecule has 0 aliphatic carbocycles. The number of ether oxygens (including phenoxy) is 1. The van der Waals surface area contributed by atoms with Gasteiger partial charge in [0.15, 0.2) is 0 Å². The second-order valence-corrected chi connectivity index (χ2v) is 3.18. The molecular formula is C8H14N2O4. The molecule has 6 heteroatoms. The highest BCUT2D eigenvalue weighted by Crippen LogP contribution is 2.08. The third-order valence-corrected chi connectivity index (χ3v) is 1.94. The summed E-state index contributed by atoms with van der Waals surface area (Å²) in [7, 11) is 0. The number of rotatable bonds is 3. The van der Waals surface area contributed by atoms with Gasteiger partial charge in [-0.3, -0.25) is 4.79 Å². The van der Waals surface area contributed by atoms with Crippen molar-refractivity contribution in [2.45, 2.75) is 32.0 Å². The van der Waals surface area contributed by atoms with Crippen LogP contribution in [0.25, 0.3) is 0 Å². The Bertz CT molecular complexity index is 225. The van der Waals surface area contributed by atoms with Gasteiger partial charge in [-0.15, -0.1) is 0 Å². The standard InChI is InChI=1S/C8H14N2O4/c1-5(7(11)12)9-8(13)10-6-3-2-4-14-6/h5-6H,2-4H2,1H3,(H,11,12)(H2,9,10,13). The number of urea groups is 1. The lowest BCUT2D eigenvalue weighted by molar-refractivity contribution is -0.138. The van der Waals surface area contributed by atoms with Crippen LogP contribution in [-0.2, 0) is 9.53 Å². The van der Waals surface area contributed by atoms with Crippen molar-refractivity contribution in [2.75, 3.05) is 6.61 Å². The van der Waals surface area contributed by atoms with E-state index in [2.05, 4.69) is 10.6 Å². The van der Waals surface area contributed by atoms with Gasteiger partial charge in [0.1, 0.15) is 12.3 Å². The predicted molar refractivity (Wildman–Crippen MR) is 47.7 cm³/mol. The smallest absolute Gasteiger partial charge is 0.325 e. The van der Waals surface area contributed by atoms with Crippen LogP contribution in [0.3, 0.4) is 0 Å². The van der Waals surface area contributed by atoms with Crippen molar-refractivity contribution in [2.24, 2.45) is 0 Å². The first kappa shape index (κ1) is 10.8. The maximum atomic E-state index is 11.1. The van der Waals surface area contributed by atoms with Crippen LogP contribution in [-0.4, -0.2) is 36.0 Å². The number of carboxylic acids is 1.